The maximum atomic E-state index is 12.2. The molecule has 1 aliphatic rings. The molecular formula is C31H56N2O6. The molecule has 1 aromatic heterocycles. The van der Waals surface area contributed by atoms with Crippen LogP contribution in [0.2, 0.25) is 0 Å². The van der Waals surface area contributed by atoms with E-state index in [0.717, 1.165) is 23.8 Å². The van der Waals surface area contributed by atoms with E-state index in [2.05, 4.69) is 11.9 Å². The molecule has 0 unspecified atom stereocenters. The smallest absolute Gasteiger partial charge is 0.330 e. The van der Waals surface area contributed by atoms with E-state index >= 15 is 0 Å². The van der Waals surface area contributed by atoms with Crippen LogP contribution in [-0.2, 0) is 4.74 Å². The number of aliphatic hydroxyl groups is 3. The molecule has 8 heteroatoms. The number of aliphatic hydroxyl groups excluding tert-OH is 2. The van der Waals surface area contributed by atoms with Crippen LogP contribution in [0.4, 0.5) is 0 Å². The number of hydrogen-bond acceptors (Lipinski definition) is 6. The Kier molecular flexibility index (Phi) is 16.9. The lowest BCUT2D eigenvalue weighted by atomic mass is 9.88. The Labute approximate surface area is 235 Å². The van der Waals surface area contributed by atoms with E-state index in [4.69, 9.17) is 4.74 Å². The second-order valence-corrected chi connectivity index (χ2v) is 11.6. The summed E-state index contributed by atoms with van der Waals surface area (Å²) in [5.41, 5.74) is -2.99. The van der Waals surface area contributed by atoms with Crippen molar-refractivity contribution in [2.75, 3.05) is 6.61 Å². The van der Waals surface area contributed by atoms with Crippen LogP contribution in [0.5, 0.6) is 0 Å². The van der Waals surface area contributed by atoms with Gasteiger partial charge in [0, 0.05) is 12.3 Å². The second kappa shape index (κ2) is 19.6. The van der Waals surface area contributed by atoms with Crippen LogP contribution in [0.1, 0.15) is 148 Å². The van der Waals surface area contributed by atoms with E-state index in [9.17, 15) is 24.9 Å². The molecular weight excluding hydrogens is 496 g/mol. The van der Waals surface area contributed by atoms with Gasteiger partial charge in [0.2, 0.25) is 0 Å². The van der Waals surface area contributed by atoms with Crippen LogP contribution in [0, 0.1) is 0 Å². The van der Waals surface area contributed by atoms with E-state index in [1.54, 1.807) is 0 Å². The summed E-state index contributed by atoms with van der Waals surface area (Å²) in [4.78, 5) is 25.8. The third kappa shape index (κ3) is 11.9. The Morgan fingerprint density at radius 2 is 1.23 bits per heavy atom. The Balaban J connectivity index is 1.49. The van der Waals surface area contributed by atoms with Gasteiger partial charge in [-0.15, -0.1) is 0 Å². The third-order valence-electron chi connectivity index (χ3n) is 8.31. The molecule has 1 saturated heterocycles. The molecule has 4 atom stereocenters. The van der Waals surface area contributed by atoms with Crippen LogP contribution < -0.4 is 11.2 Å². The first-order valence-corrected chi connectivity index (χ1v) is 15.9. The van der Waals surface area contributed by atoms with Gasteiger partial charge in [0.1, 0.15) is 17.8 Å². The lowest BCUT2D eigenvalue weighted by Crippen LogP contribution is -2.49. The summed E-state index contributed by atoms with van der Waals surface area (Å²) in [6.45, 7) is 1.80. The molecule has 1 aromatic rings. The largest absolute Gasteiger partial charge is 0.394 e. The van der Waals surface area contributed by atoms with Gasteiger partial charge in [-0.2, -0.15) is 0 Å². The molecule has 0 aliphatic carbocycles. The summed E-state index contributed by atoms with van der Waals surface area (Å²) in [6, 6.07) is 1.17. The summed E-state index contributed by atoms with van der Waals surface area (Å²) in [5.74, 6) is 0. The van der Waals surface area contributed by atoms with Gasteiger partial charge in [0.25, 0.3) is 5.56 Å². The highest BCUT2D eigenvalue weighted by Crippen LogP contribution is 2.41. The van der Waals surface area contributed by atoms with Crippen molar-refractivity contribution in [3.8, 4) is 0 Å². The summed E-state index contributed by atoms with van der Waals surface area (Å²) in [7, 11) is 0. The molecule has 2 heterocycles. The Hall–Kier alpha value is -1.48. The fourth-order valence-corrected chi connectivity index (χ4v) is 5.82. The van der Waals surface area contributed by atoms with Crippen molar-refractivity contribution in [1.29, 1.82) is 0 Å². The summed E-state index contributed by atoms with van der Waals surface area (Å²) >= 11 is 0. The van der Waals surface area contributed by atoms with Crippen LogP contribution in [0.15, 0.2) is 21.9 Å². The fraction of sp³-hybridized carbons (Fsp3) is 0.871. The van der Waals surface area contributed by atoms with Crippen molar-refractivity contribution in [1.82, 2.24) is 9.55 Å². The molecule has 39 heavy (non-hydrogen) atoms. The lowest BCUT2D eigenvalue weighted by Gasteiger charge is -2.31. The minimum absolute atomic E-state index is 0.236. The Morgan fingerprint density at radius 3 is 1.64 bits per heavy atom. The van der Waals surface area contributed by atoms with Crippen molar-refractivity contribution < 1.29 is 20.1 Å². The molecule has 2 rings (SSSR count). The predicted molar refractivity (Wildman–Crippen MR) is 156 cm³/mol. The van der Waals surface area contributed by atoms with Gasteiger partial charge < -0.3 is 20.1 Å². The zero-order valence-corrected chi connectivity index (χ0v) is 24.5. The maximum absolute atomic E-state index is 12.2. The quantitative estimate of drug-likeness (QED) is 0.129. The number of nitrogens with one attached hydrogen (secondary N) is 1. The van der Waals surface area contributed by atoms with Gasteiger partial charge in [-0.25, -0.2) is 4.79 Å². The molecule has 226 valence electrons. The fourth-order valence-electron chi connectivity index (χ4n) is 5.82. The molecule has 0 radical (unpaired) electrons. The van der Waals surface area contributed by atoms with E-state index in [1.165, 1.54) is 115 Å². The van der Waals surface area contributed by atoms with Crippen LogP contribution >= 0.6 is 0 Å². The third-order valence-corrected chi connectivity index (χ3v) is 8.31. The summed E-state index contributed by atoms with van der Waals surface area (Å²) in [6.07, 6.45) is 23.6. The van der Waals surface area contributed by atoms with Gasteiger partial charge in [-0.3, -0.25) is 14.3 Å². The molecule has 1 fully saturated rings. The van der Waals surface area contributed by atoms with Gasteiger partial charge in [-0.1, -0.05) is 135 Å². The minimum Gasteiger partial charge on any atom is -0.394 e. The first kappa shape index (κ1) is 33.7. The number of rotatable bonds is 23. The van der Waals surface area contributed by atoms with Crippen LogP contribution in [-0.4, -0.2) is 49.3 Å². The highest BCUT2D eigenvalue weighted by Gasteiger charge is 2.55. The minimum atomic E-state index is -1.72. The van der Waals surface area contributed by atoms with Gasteiger partial charge in [0.05, 0.1) is 6.61 Å². The van der Waals surface area contributed by atoms with Crippen molar-refractivity contribution in [3.05, 3.63) is 33.1 Å². The summed E-state index contributed by atoms with van der Waals surface area (Å²) < 4.78 is 6.71. The maximum Gasteiger partial charge on any atom is 0.330 e. The van der Waals surface area contributed by atoms with Crippen molar-refractivity contribution >= 4 is 0 Å². The lowest BCUT2D eigenvalue weighted by molar-refractivity contribution is -0.116. The molecule has 1 aliphatic heterocycles. The average molecular weight is 553 g/mol. The standard InChI is InChI=1S/C31H56N2O6/c1-2-3-4-5-6-7-8-9-10-11-12-13-14-15-16-17-18-19-20-21-23-31(38)28(36)26(25-34)39-29(31)33-24-22-27(35)32-30(33)37/h22,24,26,28-29,34,36,38H,2-21,23,25H2,1H3,(H,32,35,37)/t26-,28-,29-,31-/m1/s1. The number of ether oxygens (including phenoxy) is 1. The number of H-pyrrole nitrogens is 1. The monoisotopic (exact) mass is 552 g/mol. The molecule has 0 saturated carbocycles. The van der Waals surface area contributed by atoms with Crippen LogP contribution in [0.25, 0.3) is 0 Å². The number of aromatic nitrogens is 2. The zero-order chi connectivity index (χ0) is 28.3. The molecule has 8 nitrogen and oxygen atoms in total. The Bertz CT molecular complexity index is 871. The Morgan fingerprint density at radius 1 is 0.795 bits per heavy atom. The van der Waals surface area contributed by atoms with Crippen molar-refractivity contribution in [2.45, 2.75) is 166 Å². The topological polar surface area (TPSA) is 125 Å². The van der Waals surface area contributed by atoms with E-state index < -0.39 is 41.9 Å². The number of nitrogens with zero attached hydrogens (tertiary/aromatic N) is 1. The van der Waals surface area contributed by atoms with Gasteiger partial charge in [0.15, 0.2) is 6.23 Å². The number of unbranched alkanes of at least 4 members (excludes halogenated alkanes) is 19. The number of aromatic amines is 1. The first-order valence-electron chi connectivity index (χ1n) is 15.9. The molecule has 0 aromatic carbocycles. The van der Waals surface area contributed by atoms with Gasteiger partial charge >= 0.3 is 5.69 Å². The molecule has 0 amide bonds. The van der Waals surface area contributed by atoms with Crippen molar-refractivity contribution in [2.24, 2.45) is 0 Å². The summed E-state index contributed by atoms with van der Waals surface area (Å²) in [5, 5.41) is 31.4. The highest BCUT2D eigenvalue weighted by atomic mass is 16.6. The highest BCUT2D eigenvalue weighted by molar-refractivity contribution is 5.03. The molecule has 0 spiro atoms. The zero-order valence-electron chi connectivity index (χ0n) is 24.5. The molecule has 0 bridgehead atoms. The first-order chi connectivity index (χ1) is 18.9. The average Bonchev–Trinajstić information content (AvgIpc) is 3.17. The second-order valence-electron chi connectivity index (χ2n) is 11.6. The molecule has 4 N–H and O–H groups in total. The van der Waals surface area contributed by atoms with Gasteiger partial charge in [-0.05, 0) is 6.42 Å². The SMILES string of the molecule is CCCCCCCCCCCCCCCCCCCCCC[C@@]1(O)[C@H](O)[C@@H](CO)O[C@H]1n1ccc(=O)[nH]c1=O. The van der Waals surface area contributed by atoms with E-state index in [-0.39, 0.29) is 6.42 Å². The van der Waals surface area contributed by atoms with E-state index in [0.29, 0.717) is 6.42 Å². The van der Waals surface area contributed by atoms with Crippen molar-refractivity contribution in [3.63, 3.8) is 0 Å². The predicted octanol–water partition coefficient (Wildman–Crippen LogP) is 5.73. The normalized spacial score (nSPS) is 23.0. The number of hydrogen-bond donors (Lipinski definition) is 4. The van der Waals surface area contributed by atoms with Crippen LogP contribution in [0.3, 0.4) is 0 Å². The van der Waals surface area contributed by atoms with E-state index in [1.807, 2.05) is 0 Å².